The van der Waals surface area contributed by atoms with Gasteiger partial charge in [-0.05, 0) is 71.5 Å². The molecule has 4 nitrogen and oxygen atoms in total. The number of anilines is 2. The maximum absolute atomic E-state index is 14.0. The van der Waals surface area contributed by atoms with Crippen LogP contribution >= 0.6 is 22.6 Å². The molecule has 0 aliphatic rings. The fourth-order valence-electron chi connectivity index (χ4n) is 1.69. The molecule has 2 rings (SSSR count). The highest BCUT2D eigenvalue weighted by molar-refractivity contribution is 14.1. The van der Waals surface area contributed by atoms with E-state index in [-0.39, 0.29) is 11.3 Å². The van der Waals surface area contributed by atoms with Gasteiger partial charge < -0.3 is 5.73 Å². The van der Waals surface area contributed by atoms with Gasteiger partial charge in [0.15, 0.2) is 0 Å². The molecule has 0 bridgehead atoms. The molecular formula is C13H12FIN2O2S. The lowest BCUT2D eigenvalue weighted by molar-refractivity contribution is 0.565. The van der Waals surface area contributed by atoms with E-state index in [1.165, 1.54) is 13.0 Å². The van der Waals surface area contributed by atoms with Crippen LogP contribution in [-0.4, -0.2) is 8.42 Å². The third-order valence-electron chi connectivity index (χ3n) is 2.63. The number of benzene rings is 2. The highest BCUT2D eigenvalue weighted by atomic mass is 127. The molecule has 0 aliphatic heterocycles. The normalized spacial score (nSPS) is 11.3. The fraction of sp³-hybridized carbons (Fsp3) is 0.0769. The molecular weight excluding hydrogens is 394 g/mol. The summed E-state index contributed by atoms with van der Waals surface area (Å²) >= 11 is 2.11. The lowest BCUT2D eigenvalue weighted by Gasteiger charge is -2.11. The summed E-state index contributed by atoms with van der Waals surface area (Å²) < 4.78 is 41.7. The number of halogens is 2. The largest absolute Gasteiger partial charge is 0.399 e. The summed E-state index contributed by atoms with van der Waals surface area (Å²) in [5, 5.41) is 0. The van der Waals surface area contributed by atoms with Gasteiger partial charge in [0.25, 0.3) is 10.0 Å². The van der Waals surface area contributed by atoms with Crippen LogP contribution in [0.4, 0.5) is 15.8 Å². The van der Waals surface area contributed by atoms with E-state index in [0.29, 0.717) is 5.69 Å². The second kappa shape index (κ2) is 5.57. The summed E-state index contributed by atoms with van der Waals surface area (Å²) in [5.41, 5.74) is 6.33. The monoisotopic (exact) mass is 406 g/mol. The van der Waals surface area contributed by atoms with Gasteiger partial charge in [0.1, 0.15) is 10.7 Å². The zero-order chi connectivity index (χ0) is 14.9. The van der Waals surface area contributed by atoms with Gasteiger partial charge in [-0.3, -0.25) is 4.72 Å². The summed E-state index contributed by atoms with van der Waals surface area (Å²) in [6.07, 6.45) is 0. The number of rotatable bonds is 3. The molecule has 2 aromatic rings. The van der Waals surface area contributed by atoms with Crippen LogP contribution in [-0.2, 0) is 10.0 Å². The molecule has 7 heteroatoms. The smallest absolute Gasteiger partial charge is 0.264 e. The number of hydrogen-bond donors (Lipinski definition) is 2. The predicted octanol–water partition coefficient (Wildman–Crippen LogP) is 3.12. The Morgan fingerprint density at radius 1 is 1.20 bits per heavy atom. The Hall–Kier alpha value is -1.35. The first-order chi connectivity index (χ1) is 9.29. The molecule has 0 atom stereocenters. The van der Waals surface area contributed by atoms with E-state index in [4.69, 9.17) is 5.73 Å². The van der Waals surface area contributed by atoms with E-state index >= 15 is 0 Å². The quantitative estimate of drug-likeness (QED) is 0.608. The number of sulfonamides is 1. The predicted molar refractivity (Wildman–Crippen MR) is 85.5 cm³/mol. The van der Waals surface area contributed by atoms with Gasteiger partial charge in [0.05, 0.1) is 0 Å². The zero-order valence-corrected chi connectivity index (χ0v) is 13.5. The van der Waals surface area contributed by atoms with Crippen molar-refractivity contribution < 1.29 is 12.8 Å². The van der Waals surface area contributed by atoms with E-state index in [9.17, 15) is 12.8 Å². The van der Waals surface area contributed by atoms with Gasteiger partial charge >= 0.3 is 0 Å². The van der Waals surface area contributed by atoms with Crippen LogP contribution < -0.4 is 10.5 Å². The molecule has 3 N–H and O–H groups in total. The van der Waals surface area contributed by atoms with Crippen LogP contribution in [0.25, 0.3) is 0 Å². The zero-order valence-electron chi connectivity index (χ0n) is 10.5. The van der Waals surface area contributed by atoms with Crippen molar-refractivity contribution >= 4 is 44.0 Å². The number of aryl methyl sites for hydroxylation is 1. The fourth-order valence-corrected chi connectivity index (χ4v) is 3.29. The number of nitrogens with two attached hydrogens (primary N) is 1. The molecule has 2 aromatic carbocycles. The van der Waals surface area contributed by atoms with Crippen LogP contribution in [0, 0.1) is 16.3 Å². The summed E-state index contributed by atoms with van der Waals surface area (Å²) in [5.74, 6) is -0.794. The highest BCUT2D eigenvalue weighted by Crippen LogP contribution is 2.24. The van der Waals surface area contributed by atoms with E-state index in [1.54, 1.807) is 24.3 Å². The molecule has 0 aliphatic carbocycles. The molecule has 20 heavy (non-hydrogen) atoms. The number of nitrogen functional groups attached to an aromatic ring is 1. The summed E-state index contributed by atoms with van der Waals surface area (Å²) in [6, 6.07) is 9.21. The van der Waals surface area contributed by atoms with Crippen LogP contribution in [0.5, 0.6) is 0 Å². The second-order valence-corrected chi connectivity index (χ2v) is 7.16. The molecule has 0 heterocycles. The Kier molecular flexibility index (Phi) is 4.19. The maximum Gasteiger partial charge on any atom is 0.264 e. The van der Waals surface area contributed by atoms with Crippen molar-refractivity contribution in [1.29, 1.82) is 0 Å². The van der Waals surface area contributed by atoms with E-state index in [0.717, 1.165) is 9.64 Å². The molecule has 0 amide bonds. The van der Waals surface area contributed by atoms with Gasteiger partial charge in [-0.1, -0.05) is 0 Å². The Labute approximate surface area is 130 Å². The van der Waals surface area contributed by atoms with Crippen molar-refractivity contribution in [2.75, 3.05) is 10.5 Å². The Balaban J connectivity index is 2.43. The lowest BCUT2D eigenvalue weighted by Crippen LogP contribution is -2.15. The lowest BCUT2D eigenvalue weighted by atomic mass is 10.2. The number of nitrogens with one attached hydrogen (secondary N) is 1. The standard InChI is InChI=1S/C13H12FIN2O2S/c1-8-6-10(16)7-12(13(8)14)20(18,19)17-11-4-2-9(15)3-5-11/h2-7,17H,16H2,1H3. The molecule has 106 valence electrons. The molecule has 0 saturated carbocycles. The first-order valence-electron chi connectivity index (χ1n) is 5.63. The maximum atomic E-state index is 14.0. The van der Waals surface area contributed by atoms with Crippen molar-refractivity contribution in [3.05, 3.63) is 51.3 Å². The minimum atomic E-state index is -4.01. The Bertz CT molecular complexity index is 746. The third-order valence-corrected chi connectivity index (χ3v) is 4.73. The molecule has 0 spiro atoms. The summed E-state index contributed by atoms with van der Waals surface area (Å²) in [4.78, 5) is -0.450. The Morgan fingerprint density at radius 3 is 2.40 bits per heavy atom. The van der Waals surface area contributed by atoms with Crippen molar-refractivity contribution in [2.45, 2.75) is 11.8 Å². The average Bonchev–Trinajstić information content (AvgIpc) is 2.36. The van der Waals surface area contributed by atoms with Crippen molar-refractivity contribution in [2.24, 2.45) is 0 Å². The summed E-state index contributed by atoms with van der Waals surface area (Å²) in [7, 11) is -4.01. The van der Waals surface area contributed by atoms with E-state index < -0.39 is 20.7 Å². The van der Waals surface area contributed by atoms with Gasteiger partial charge in [0.2, 0.25) is 0 Å². The van der Waals surface area contributed by atoms with Crippen molar-refractivity contribution in [3.63, 3.8) is 0 Å². The molecule has 0 fully saturated rings. The van der Waals surface area contributed by atoms with Crippen LogP contribution in [0.3, 0.4) is 0 Å². The topological polar surface area (TPSA) is 72.2 Å². The SMILES string of the molecule is Cc1cc(N)cc(S(=O)(=O)Nc2ccc(I)cc2)c1F. The van der Waals surface area contributed by atoms with E-state index in [1.807, 2.05) is 0 Å². The molecule has 0 unspecified atom stereocenters. The summed E-state index contributed by atoms with van der Waals surface area (Å²) in [6.45, 7) is 1.47. The van der Waals surface area contributed by atoms with Gasteiger partial charge in [-0.2, -0.15) is 0 Å². The highest BCUT2D eigenvalue weighted by Gasteiger charge is 2.21. The van der Waals surface area contributed by atoms with Crippen molar-refractivity contribution in [1.82, 2.24) is 0 Å². The first-order valence-corrected chi connectivity index (χ1v) is 8.20. The van der Waals surface area contributed by atoms with Gasteiger partial charge in [0, 0.05) is 14.9 Å². The van der Waals surface area contributed by atoms with E-state index in [2.05, 4.69) is 27.3 Å². The molecule has 0 aromatic heterocycles. The van der Waals surface area contributed by atoms with Crippen LogP contribution in [0.2, 0.25) is 0 Å². The van der Waals surface area contributed by atoms with Crippen molar-refractivity contribution in [3.8, 4) is 0 Å². The van der Waals surface area contributed by atoms with Gasteiger partial charge in [-0.15, -0.1) is 0 Å². The van der Waals surface area contributed by atoms with Crippen LogP contribution in [0.15, 0.2) is 41.3 Å². The molecule has 0 saturated heterocycles. The third kappa shape index (κ3) is 3.21. The minimum absolute atomic E-state index is 0.188. The van der Waals surface area contributed by atoms with Crippen LogP contribution in [0.1, 0.15) is 5.56 Å². The number of hydrogen-bond acceptors (Lipinski definition) is 3. The average molecular weight is 406 g/mol. The van der Waals surface area contributed by atoms with Gasteiger partial charge in [-0.25, -0.2) is 12.8 Å². The minimum Gasteiger partial charge on any atom is -0.399 e. The first kappa shape index (κ1) is 15.0. The second-order valence-electron chi connectivity index (χ2n) is 4.26. The molecule has 0 radical (unpaired) electrons. The Morgan fingerprint density at radius 2 is 1.80 bits per heavy atom.